The number of esters is 1. The van der Waals surface area contributed by atoms with E-state index in [0.29, 0.717) is 25.7 Å². The zero-order valence-corrected chi connectivity index (χ0v) is 12.5. The van der Waals surface area contributed by atoms with Crippen LogP contribution in [-0.2, 0) is 14.3 Å². The van der Waals surface area contributed by atoms with E-state index in [9.17, 15) is 4.79 Å². The van der Waals surface area contributed by atoms with Crippen molar-refractivity contribution >= 4 is 5.97 Å². The second-order valence-corrected chi connectivity index (χ2v) is 5.14. The van der Waals surface area contributed by atoms with E-state index in [4.69, 9.17) is 9.47 Å². The molecule has 0 amide bonds. The predicted octanol–water partition coefficient (Wildman–Crippen LogP) is 2.66. The standard InChI is InChI=1S/C15H29NO3/c1-3-16-14(15(17)18-4-2)11-12-19-13-9-7-5-6-8-10-13/h13-14,16H,3-12H2,1-2H3. The van der Waals surface area contributed by atoms with E-state index >= 15 is 0 Å². The highest BCUT2D eigenvalue weighted by Gasteiger charge is 2.19. The number of ether oxygens (including phenoxy) is 2. The quantitative estimate of drug-likeness (QED) is 0.544. The van der Waals surface area contributed by atoms with Gasteiger partial charge in [0.2, 0.25) is 0 Å². The Hall–Kier alpha value is -0.610. The molecule has 1 saturated carbocycles. The van der Waals surface area contributed by atoms with Crippen molar-refractivity contribution in [2.75, 3.05) is 19.8 Å². The van der Waals surface area contributed by atoms with Gasteiger partial charge >= 0.3 is 5.97 Å². The molecular formula is C15H29NO3. The third-order valence-electron chi connectivity index (χ3n) is 3.58. The highest BCUT2D eigenvalue weighted by molar-refractivity contribution is 5.75. The SMILES string of the molecule is CCNC(CCOC1CCCCCC1)C(=O)OCC. The molecule has 1 aliphatic carbocycles. The molecule has 0 heterocycles. The Labute approximate surface area is 117 Å². The van der Waals surface area contributed by atoms with Gasteiger partial charge in [0.25, 0.3) is 0 Å². The lowest BCUT2D eigenvalue weighted by Gasteiger charge is -2.19. The first kappa shape index (κ1) is 16.4. The Kier molecular flexibility index (Phi) is 8.84. The average molecular weight is 271 g/mol. The Balaban J connectivity index is 2.24. The molecule has 112 valence electrons. The zero-order chi connectivity index (χ0) is 13.9. The van der Waals surface area contributed by atoms with E-state index < -0.39 is 0 Å². The van der Waals surface area contributed by atoms with Crippen molar-refractivity contribution in [1.82, 2.24) is 5.32 Å². The Bertz CT molecular complexity index is 238. The largest absolute Gasteiger partial charge is 0.465 e. The van der Waals surface area contributed by atoms with E-state index in [1.165, 1.54) is 38.5 Å². The van der Waals surface area contributed by atoms with Gasteiger partial charge in [0, 0.05) is 6.61 Å². The number of hydrogen-bond acceptors (Lipinski definition) is 4. The van der Waals surface area contributed by atoms with Gasteiger partial charge in [0.15, 0.2) is 0 Å². The first-order valence-corrected chi connectivity index (χ1v) is 7.79. The summed E-state index contributed by atoms with van der Waals surface area (Å²) in [6.45, 7) is 5.68. The van der Waals surface area contributed by atoms with Crippen LogP contribution in [0.1, 0.15) is 58.8 Å². The normalized spacial score (nSPS) is 18.8. The predicted molar refractivity (Wildman–Crippen MR) is 76.2 cm³/mol. The number of carbonyl (C=O) groups excluding carboxylic acids is 1. The Morgan fingerprint density at radius 2 is 1.89 bits per heavy atom. The fraction of sp³-hybridized carbons (Fsp3) is 0.933. The molecule has 1 N–H and O–H groups in total. The van der Waals surface area contributed by atoms with Crippen LogP contribution >= 0.6 is 0 Å². The van der Waals surface area contributed by atoms with Crippen LogP contribution in [0.5, 0.6) is 0 Å². The number of likely N-dealkylation sites (N-methyl/N-ethyl adjacent to an activating group) is 1. The third kappa shape index (κ3) is 6.92. The van der Waals surface area contributed by atoms with Gasteiger partial charge in [-0.05, 0) is 32.7 Å². The van der Waals surface area contributed by atoms with Crippen LogP contribution in [0, 0.1) is 0 Å². The minimum absolute atomic E-state index is 0.159. The van der Waals surface area contributed by atoms with E-state index in [0.717, 1.165) is 6.54 Å². The van der Waals surface area contributed by atoms with Gasteiger partial charge in [-0.2, -0.15) is 0 Å². The first-order chi connectivity index (χ1) is 9.27. The lowest BCUT2D eigenvalue weighted by Crippen LogP contribution is -2.39. The fourth-order valence-corrected chi connectivity index (χ4v) is 2.55. The van der Waals surface area contributed by atoms with E-state index in [2.05, 4.69) is 5.32 Å². The second kappa shape index (κ2) is 10.2. The highest BCUT2D eigenvalue weighted by Crippen LogP contribution is 2.20. The van der Waals surface area contributed by atoms with Crippen molar-refractivity contribution in [2.45, 2.75) is 70.9 Å². The van der Waals surface area contributed by atoms with Crippen LogP contribution in [0.4, 0.5) is 0 Å². The van der Waals surface area contributed by atoms with Crippen LogP contribution in [0.25, 0.3) is 0 Å². The molecule has 0 aromatic carbocycles. The lowest BCUT2D eigenvalue weighted by atomic mass is 10.1. The molecule has 4 heteroatoms. The molecule has 1 rings (SSSR count). The minimum atomic E-state index is -0.226. The molecule has 0 spiro atoms. The first-order valence-electron chi connectivity index (χ1n) is 7.79. The van der Waals surface area contributed by atoms with E-state index in [1.807, 2.05) is 13.8 Å². The van der Waals surface area contributed by atoms with Gasteiger partial charge in [-0.1, -0.05) is 32.6 Å². The summed E-state index contributed by atoms with van der Waals surface area (Å²) in [5.74, 6) is -0.159. The summed E-state index contributed by atoms with van der Waals surface area (Å²) in [6, 6.07) is -0.226. The molecule has 0 saturated heterocycles. The molecule has 1 unspecified atom stereocenters. The molecule has 0 aromatic rings. The molecule has 4 nitrogen and oxygen atoms in total. The minimum Gasteiger partial charge on any atom is -0.465 e. The lowest BCUT2D eigenvalue weighted by molar-refractivity contribution is -0.146. The van der Waals surface area contributed by atoms with Gasteiger partial charge in [0.05, 0.1) is 12.7 Å². The van der Waals surface area contributed by atoms with Gasteiger partial charge < -0.3 is 14.8 Å². The van der Waals surface area contributed by atoms with Crippen LogP contribution < -0.4 is 5.32 Å². The Morgan fingerprint density at radius 3 is 2.47 bits per heavy atom. The molecule has 19 heavy (non-hydrogen) atoms. The maximum absolute atomic E-state index is 11.7. The van der Waals surface area contributed by atoms with Crippen molar-refractivity contribution in [3.05, 3.63) is 0 Å². The summed E-state index contributed by atoms with van der Waals surface area (Å²) in [5, 5.41) is 3.16. The monoisotopic (exact) mass is 271 g/mol. The molecular weight excluding hydrogens is 242 g/mol. The smallest absolute Gasteiger partial charge is 0.323 e. The summed E-state index contributed by atoms with van der Waals surface area (Å²) in [4.78, 5) is 11.7. The van der Waals surface area contributed by atoms with Gasteiger partial charge in [-0.15, -0.1) is 0 Å². The summed E-state index contributed by atoms with van der Waals surface area (Å²) < 4.78 is 11.0. The zero-order valence-electron chi connectivity index (χ0n) is 12.5. The van der Waals surface area contributed by atoms with Gasteiger partial charge in [-0.25, -0.2) is 0 Å². The van der Waals surface area contributed by atoms with E-state index in [-0.39, 0.29) is 12.0 Å². The van der Waals surface area contributed by atoms with Crippen LogP contribution in [-0.4, -0.2) is 37.9 Å². The second-order valence-electron chi connectivity index (χ2n) is 5.14. The van der Waals surface area contributed by atoms with Crippen molar-refractivity contribution in [2.24, 2.45) is 0 Å². The summed E-state index contributed by atoms with van der Waals surface area (Å²) in [5.41, 5.74) is 0. The summed E-state index contributed by atoms with van der Waals surface area (Å²) in [6.07, 6.45) is 8.66. The van der Waals surface area contributed by atoms with Crippen molar-refractivity contribution in [3.8, 4) is 0 Å². The number of nitrogens with one attached hydrogen (secondary N) is 1. The summed E-state index contributed by atoms with van der Waals surface area (Å²) in [7, 11) is 0. The maximum Gasteiger partial charge on any atom is 0.323 e. The van der Waals surface area contributed by atoms with Crippen molar-refractivity contribution in [3.63, 3.8) is 0 Å². The van der Waals surface area contributed by atoms with Crippen molar-refractivity contribution in [1.29, 1.82) is 0 Å². The molecule has 1 atom stereocenters. The average Bonchev–Trinajstić information content (AvgIpc) is 2.66. The van der Waals surface area contributed by atoms with Gasteiger partial charge in [-0.3, -0.25) is 4.79 Å². The van der Waals surface area contributed by atoms with Crippen LogP contribution in [0.2, 0.25) is 0 Å². The summed E-state index contributed by atoms with van der Waals surface area (Å²) >= 11 is 0. The maximum atomic E-state index is 11.7. The fourth-order valence-electron chi connectivity index (χ4n) is 2.55. The third-order valence-corrected chi connectivity index (χ3v) is 3.58. The molecule has 0 bridgehead atoms. The van der Waals surface area contributed by atoms with Gasteiger partial charge in [0.1, 0.15) is 6.04 Å². The van der Waals surface area contributed by atoms with Crippen molar-refractivity contribution < 1.29 is 14.3 Å². The highest BCUT2D eigenvalue weighted by atomic mass is 16.5. The molecule has 0 aromatic heterocycles. The molecule has 0 radical (unpaired) electrons. The number of carbonyl (C=O) groups is 1. The number of rotatable bonds is 8. The Morgan fingerprint density at radius 1 is 1.21 bits per heavy atom. The molecule has 0 aliphatic heterocycles. The number of hydrogen-bond donors (Lipinski definition) is 1. The molecule has 1 fully saturated rings. The topological polar surface area (TPSA) is 47.6 Å². The van der Waals surface area contributed by atoms with E-state index in [1.54, 1.807) is 0 Å². The molecule has 1 aliphatic rings. The van der Waals surface area contributed by atoms with Crippen LogP contribution in [0.15, 0.2) is 0 Å². The van der Waals surface area contributed by atoms with Crippen LogP contribution in [0.3, 0.4) is 0 Å².